The SMILES string of the molecule is Cc1cc(C)c(C2(O)NC(=O)c3ccccc32)c(C)c1. The van der Waals surface area contributed by atoms with Gasteiger partial charge in [-0.3, -0.25) is 4.79 Å². The summed E-state index contributed by atoms with van der Waals surface area (Å²) < 4.78 is 0. The molecule has 1 heterocycles. The van der Waals surface area contributed by atoms with Crippen LogP contribution in [0.2, 0.25) is 0 Å². The summed E-state index contributed by atoms with van der Waals surface area (Å²) in [6.45, 7) is 5.94. The number of benzene rings is 2. The van der Waals surface area contributed by atoms with Crippen molar-refractivity contribution in [2.45, 2.75) is 26.5 Å². The van der Waals surface area contributed by atoms with Crippen molar-refractivity contribution >= 4 is 5.91 Å². The predicted octanol–water partition coefficient (Wildman–Crippen LogP) is 2.55. The molecule has 2 aromatic carbocycles. The van der Waals surface area contributed by atoms with Gasteiger partial charge in [0.15, 0.2) is 5.72 Å². The zero-order chi connectivity index (χ0) is 14.5. The summed E-state index contributed by atoms with van der Waals surface area (Å²) in [6.07, 6.45) is 0. The Morgan fingerprint density at radius 2 is 1.65 bits per heavy atom. The molecule has 2 aromatic rings. The third-order valence-electron chi connectivity index (χ3n) is 3.89. The van der Waals surface area contributed by atoms with Crippen LogP contribution in [0.25, 0.3) is 0 Å². The van der Waals surface area contributed by atoms with Crippen LogP contribution in [0.3, 0.4) is 0 Å². The first-order chi connectivity index (χ1) is 9.43. The summed E-state index contributed by atoms with van der Waals surface area (Å²) in [6, 6.07) is 11.2. The fourth-order valence-corrected chi connectivity index (χ4v) is 3.24. The van der Waals surface area contributed by atoms with E-state index >= 15 is 0 Å². The number of carbonyl (C=O) groups excluding carboxylic acids is 1. The molecule has 0 saturated heterocycles. The van der Waals surface area contributed by atoms with E-state index in [0.29, 0.717) is 11.1 Å². The van der Waals surface area contributed by atoms with Crippen LogP contribution >= 0.6 is 0 Å². The quantitative estimate of drug-likeness (QED) is 0.834. The van der Waals surface area contributed by atoms with Gasteiger partial charge in [-0.05, 0) is 38.0 Å². The first-order valence-corrected chi connectivity index (χ1v) is 6.66. The van der Waals surface area contributed by atoms with Gasteiger partial charge < -0.3 is 10.4 Å². The Bertz CT molecular complexity index is 698. The minimum absolute atomic E-state index is 0.234. The van der Waals surface area contributed by atoms with E-state index in [9.17, 15) is 9.90 Å². The second-order valence-corrected chi connectivity index (χ2v) is 5.48. The Kier molecular flexibility index (Phi) is 2.69. The Hall–Kier alpha value is -2.13. The summed E-state index contributed by atoms with van der Waals surface area (Å²) in [5.41, 5.74) is 3.58. The van der Waals surface area contributed by atoms with Gasteiger partial charge in [-0.15, -0.1) is 0 Å². The van der Waals surface area contributed by atoms with Crippen LogP contribution in [0.5, 0.6) is 0 Å². The van der Waals surface area contributed by atoms with Crippen LogP contribution in [0, 0.1) is 20.8 Å². The Morgan fingerprint density at radius 3 is 2.30 bits per heavy atom. The number of aryl methyl sites for hydroxylation is 3. The van der Waals surface area contributed by atoms with E-state index < -0.39 is 5.72 Å². The van der Waals surface area contributed by atoms with Crippen molar-refractivity contribution in [3.8, 4) is 0 Å². The van der Waals surface area contributed by atoms with Crippen molar-refractivity contribution in [3.63, 3.8) is 0 Å². The molecule has 0 saturated carbocycles. The zero-order valence-corrected chi connectivity index (χ0v) is 11.8. The predicted molar refractivity (Wildman–Crippen MR) is 77.6 cm³/mol. The van der Waals surface area contributed by atoms with Gasteiger partial charge in [-0.2, -0.15) is 0 Å². The summed E-state index contributed by atoms with van der Waals surface area (Å²) in [5.74, 6) is -0.234. The molecule has 3 heteroatoms. The zero-order valence-electron chi connectivity index (χ0n) is 11.8. The highest BCUT2D eigenvalue weighted by Gasteiger charge is 2.44. The third-order valence-corrected chi connectivity index (χ3v) is 3.89. The molecule has 0 radical (unpaired) electrons. The van der Waals surface area contributed by atoms with E-state index in [1.165, 1.54) is 0 Å². The van der Waals surface area contributed by atoms with E-state index in [4.69, 9.17) is 0 Å². The average Bonchev–Trinajstić information content (AvgIpc) is 2.61. The smallest absolute Gasteiger partial charge is 0.254 e. The maximum absolute atomic E-state index is 12.1. The van der Waals surface area contributed by atoms with Crippen LogP contribution in [-0.2, 0) is 5.72 Å². The number of hydrogen-bond donors (Lipinski definition) is 2. The summed E-state index contributed by atoms with van der Waals surface area (Å²) in [4.78, 5) is 12.1. The van der Waals surface area contributed by atoms with Gasteiger partial charge in [0.25, 0.3) is 5.91 Å². The van der Waals surface area contributed by atoms with Gasteiger partial charge in [-0.25, -0.2) is 0 Å². The van der Waals surface area contributed by atoms with E-state index in [-0.39, 0.29) is 5.91 Å². The van der Waals surface area contributed by atoms with E-state index in [1.54, 1.807) is 18.2 Å². The lowest BCUT2D eigenvalue weighted by Crippen LogP contribution is -2.41. The Morgan fingerprint density at radius 1 is 1.05 bits per heavy atom. The number of carbonyl (C=O) groups is 1. The number of aliphatic hydroxyl groups is 1. The third kappa shape index (κ3) is 1.67. The van der Waals surface area contributed by atoms with Crippen LogP contribution in [0.1, 0.15) is 38.2 Å². The lowest BCUT2D eigenvalue weighted by Gasteiger charge is -2.28. The molecule has 1 aliphatic heterocycles. The topological polar surface area (TPSA) is 49.3 Å². The summed E-state index contributed by atoms with van der Waals surface area (Å²) in [5, 5.41) is 13.8. The normalized spacial score (nSPS) is 20.7. The highest BCUT2D eigenvalue weighted by atomic mass is 16.3. The second-order valence-electron chi connectivity index (χ2n) is 5.48. The molecule has 0 fully saturated rings. The molecule has 1 unspecified atom stereocenters. The van der Waals surface area contributed by atoms with E-state index in [2.05, 4.69) is 5.32 Å². The monoisotopic (exact) mass is 267 g/mol. The number of hydrogen-bond acceptors (Lipinski definition) is 2. The minimum Gasteiger partial charge on any atom is -0.363 e. The van der Waals surface area contributed by atoms with Crippen molar-refractivity contribution in [2.24, 2.45) is 0 Å². The maximum Gasteiger partial charge on any atom is 0.254 e. The van der Waals surface area contributed by atoms with Crippen LogP contribution in [0.4, 0.5) is 0 Å². The first-order valence-electron chi connectivity index (χ1n) is 6.66. The van der Waals surface area contributed by atoms with E-state index in [1.807, 2.05) is 39.0 Å². The molecule has 1 aliphatic rings. The molecule has 2 N–H and O–H groups in total. The molecule has 0 spiro atoms. The molecule has 0 aromatic heterocycles. The highest BCUT2D eigenvalue weighted by Crippen LogP contribution is 2.38. The second kappa shape index (κ2) is 4.18. The summed E-state index contributed by atoms with van der Waals surface area (Å²) >= 11 is 0. The lowest BCUT2D eigenvalue weighted by atomic mass is 9.87. The Balaban J connectivity index is 2.28. The van der Waals surface area contributed by atoms with Crippen LogP contribution in [0.15, 0.2) is 36.4 Å². The average molecular weight is 267 g/mol. The molecule has 0 aliphatic carbocycles. The van der Waals surface area contributed by atoms with Crippen molar-refractivity contribution in [1.82, 2.24) is 5.32 Å². The first kappa shape index (κ1) is 12.9. The van der Waals surface area contributed by atoms with Crippen molar-refractivity contribution < 1.29 is 9.90 Å². The molecule has 0 bridgehead atoms. The maximum atomic E-state index is 12.1. The number of fused-ring (bicyclic) bond motifs is 1. The molecule has 20 heavy (non-hydrogen) atoms. The lowest BCUT2D eigenvalue weighted by molar-refractivity contribution is 0.0467. The number of nitrogens with one attached hydrogen (secondary N) is 1. The van der Waals surface area contributed by atoms with Gasteiger partial charge in [0, 0.05) is 16.7 Å². The molecule has 3 nitrogen and oxygen atoms in total. The Labute approximate surface area is 118 Å². The van der Waals surface area contributed by atoms with Gasteiger partial charge in [0.1, 0.15) is 0 Å². The number of rotatable bonds is 1. The molecule has 1 amide bonds. The minimum atomic E-state index is -1.43. The van der Waals surface area contributed by atoms with Gasteiger partial charge in [-0.1, -0.05) is 35.9 Å². The molecule has 102 valence electrons. The summed E-state index contributed by atoms with van der Waals surface area (Å²) in [7, 11) is 0. The van der Waals surface area contributed by atoms with Crippen molar-refractivity contribution in [2.75, 3.05) is 0 Å². The molecular formula is C17H17NO2. The van der Waals surface area contributed by atoms with Gasteiger partial charge in [0.05, 0.1) is 0 Å². The van der Waals surface area contributed by atoms with Gasteiger partial charge in [0.2, 0.25) is 0 Å². The van der Waals surface area contributed by atoms with Crippen molar-refractivity contribution in [1.29, 1.82) is 0 Å². The van der Waals surface area contributed by atoms with Crippen LogP contribution in [-0.4, -0.2) is 11.0 Å². The van der Waals surface area contributed by atoms with E-state index in [0.717, 1.165) is 22.3 Å². The largest absolute Gasteiger partial charge is 0.363 e. The number of amides is 1. The highest BCUT2D eigenvalue weighted by molar-refractivity contribution is 6.00. The van der Waals surface area contributed by atoms with Crippen molar-refractivity contribution in [3.05, 3.63) is 69.8 Å². The van der Waals surface area contributed by atoms with Crippen LogP contribution < -0.4 is 5.32 Å². The molecular weight excluding hydrogens is 250 g/mol. The molecule has 3 rings (SSSR count). The molecule has 1 atom stereocenters. The van der Waals surface area contributed by atoms with Gasteiger partial charge >= 0.3 is 0 Å². The fourth-order valence-electron chi connectivity index (χ4n) is 3.24. The fraction of sp³-hybridized carbons (Fsp3) is 0.235. The standard InChI is InChI=1S/C17H17NO2/c1-10-8-11(2)15(12(3)9-10)17(20)14-7-5-4-6-13(14)16(19)18-17/h4-9,20H,1-3H3,(H,18,19).